The zero-order valence-corrected chi connectivity index (χ0v) is 19.0. The predicted octanol–water partition coefficient (Wildman–Crippen LogP) is 2.97. The van der Waals surface area contributed by atoms with Gasteiger partial charge in [0, 0.05) is 28.8 Å². The highest BCUT2D eigenvalue weighted by Gasteiger charge is 2.15. The van der Waals surface area contributed by atoms with E-state index in [1.165, 1.54) is 10.9 Å². The maximum Gasteiger partial charge on any atom is 0.354 e. The molecule has 11 nitrogen and oxygen atoms in total. The van der Waals surface area contributed by atoms with Crippen LogP contribution >= 0.6 is 23.1 Å². The second-order valence-corrected chi connectivity index (χ2v) is 8.15. The summed E-state index contributed by atoms with van der Waals surface area (Å²) >= 11 is 7.06. The van der Waals surface area contributed by atoms with Gasteiger partial charge in [-0.15, -0.1) is 0 Å². The van der Waals surface area contributed by atoms with Crippen molar-refractivity contribution in [1.29, 1.82) is 0 Å². The first-order valence-electron chi connectivity index (χ1n) is 9.88. The molecule has 0 aliphatic carbocycles. The number of carboxylic acids is 1. The normalized spacial score (nSPS) is 10.7. The van der Waals surface area contributed by atoms with Gasteiger partial charge in [-0.3, -0.25) is 9.36 Å². The van der Waals surface area contributed by atoms with E-state index in [0.717, 1.165) is 21.7 Å². The number of hydrogen-bond acceptors (Lipinski definition) is 9. The summed E-state index contributed by atoms with van der Waals surface area (Å²) in [4.78, 5) is 44.5. The summed E-state index contributed by atoms with van der Waals surface area (Å²) in [6.07, 6.45) is 1.00. The largest absolute Gasteiger partial charge is 0.481 e. The lowest BCUT2D eigenvalue weighted by atomic mass is 10.2. The lowest BCUT2D eigenvalue weighted by Crippen LogP contribution is -2.43. The number of benzene rings is 2. The van der Waals surface area contributed by atoms with Crippen LogP contribution in [0.3, 0.4) is 0 Å². The third-order valence-electron chi connectivity index (χ3n) is 4.61. The third kappa shape index (κ3) is 5.66. The highest BCUT2D eigenvalue weighted by molar-refractivity contribution is 7.07. The number of nitrogens with one attached hydrogen (secondary N) is 1. The van der Waals surface area contributed by atoms with Crippen LogP contribution in [0.2, 0.25) is 5.02 Å². The lowest BCUT2D eigenvalue weighted by Gasteiger charge is -2.15. The first-order valence-corrected chi connectivity index (χ1v) is 11.0. The van der Waals surface area contributed by atoms with Crippen LogP contribution in [0.4, 0.5) is 11.6 Å². The minimum atomic E-state index is -1.13. The standard InChI is InChI=1S/C21H17ClN6O5S/c22-14-3-1-13(2-4-14)11-28-18(26-19(31)27(21(28)32)10-9-17(29)30)25-15-5-7-16(8-6-15)33-20-23-12-24-34-20/h1-8,12H,9-11H2,(H,29,30)(H,25,26,31). The summed E-state index contributed by atoms with van der Waals surface area (Å²) in [6.45, 7) is -0.213. The van der Waals surface area contributed by atoms with Crippen molar-refractivity contribution in [2.24, 2.45) is 0 Å². The van der Waals surface area contributed by atoms with Gasteiger partial charge in [0.25, 0.3) is 5.19 Å². The second-order valence-electron chi connectivity index (χ2n) is 6.97. The molecule has 4 rings (SSSR count). The molecular formula is C21H17ClN6O5S. The van der Waals surface area contributed by atoms with Crippen molar-refractivity contribution in [2.45, 2.75) is 19.5 Å². The van der Waals surface area contributed by atoms with Crippen LogP contribution in [0.1, 0.15) is 12.0 Å². The van der Waals surface area contributed by atoms with Gasteiger partial charge in [-0.2, -0.15) is 14.3 Å². The summed E-state index contributed by atoms with van der Waals surface area (Å²) in [7, 11) is 0. The van der Waals surface area contributed by atoms with Crippen LogP contribution in [0.25, 0.3) is 0 Å². The molecule has 0 unspecified atom stereocenters. The number of aliphatic carboxylic acids is 1. The molecule has 0 aliphatic heterocycles. The third-order valence-corrected chi connectivity index (χ3v) is 5.41. The second kappa shape index (κ2) is 10.3. The van der Waals surface area contributed by atoms with Gasteiger partial charge in [0.1, 0.15) is 12.1 Å². The predicted molar refractivity (Wildman–Crippen MR) is 125 cm³/mol. The van der Waals surface area contributed by atoms with Crippen molar-refractivity contribution >= 4 is 40.7 Å². The van der Waals surface area contributed by atoms with E-state index in [1.807, 2.05) is 0 Å². The molecule has 0 radical (unpaired) electrons. The zero-order chi connectivity index (χ0) is 24.1. The quantitative estimate of drug-likeness (QED) is 0.354. The van der Waals surface area contributed by atoms with Gasteiger partial charge in [-0.25, -0.2) is 14.2 Å². The van der Waals surface area contributed by atoms with E-state index >= 15 is 0 Å². The summed E-state index contributed by atoms with van der Waals surface area (Å²) < 4.78 is 11.5. The highest BCUT2D eigenvalue weighted by atomic mass is 35.5. The molecule has 0 atom stereocenters. The van der Waals surface area contributed by atoms with Crippen LogP contribution in [-0.2, 0) is 17.9 Å². The summed E-state index contributed by atoms with van der Waals surface area (Å²) in [5, 5.41) is 12.9. The summed E-state index contributed by atoms with van der Waals surface area (Å²) in [5.74, 6) is -0.596. The fourth-order valence-electron chi connectivity index (χ4n) is 2.98. The molecule has 0 spiro atoms. The minimum Gasteiger partial charge on any atom is -0.481 e. The Bertz CT molecular complexity index is 1400. The molecule has 0 aliphatic rings. The molecule has 13 heteroatoms. The van der Waals surface area contributed by atoms with Crippen LogP contribution in [0.15, 0.2) is 64.4 Å². The van der Waals surface area contributed by atoms with Crippen LogP contribution < -0.4 is 21.4 Å². The van der Waals surface area contributed by atoms with Crippen LogP contribution in [-0.4, -0.2) is 34.6 Å². The number of nitrogens with zero attached hydrogens (tertiary/aromatic N) is 5. The molecular weight excluding hydrogens is 484 g/mol. The fourth-order valence-corrected chi connectivity index (χ4v) is 3.52. The van der Waals surface area contributed by atoms with E-state index in [1.54, 1.807) is 48.5 Å². The minimum absolute atomic E-state index is 0.00863. The molecule has 0 bridgehead atoms. The SMILES string of the molecule is O=C(O)CCn1c(=O)nc(Nc2ccc(Oc3ncns3)cc2)n(Cc2ccc(Cl)cc2)c1=O. The Hall–Kier alpha value is -4.03. The molecule has 0 fully saturated rings. The number of anilines is 2. The van der Waals surface area contributed by atoms with E-state index in [9.17, 15) is 14.4 Å². The summed E-state index contributed by atoms with van der Waals surface area (Å²) in [6, 6.07) is 13.6. The van der Waals surface area contributed by atoms with Crippen molar-refractivity contribution in [2.75, 3.05) is 5.32 Å². The number of carboxylic acid groups (broad SMARTS) is 1. The van der Waals surface area contributed by atoms with E-state index in [2.05, 4.69) is 19.7 Å². The Labute approximate surface area is 201 Å². The fraction of sp³-hybridized carbons (Fsp3) is 0.143. The number of carbonyl (C=O) groups is 1. The van der Waals surface area contributed by atoms with Crippen molar-refractivity contribution in [3.8, 4) is 10.9 Å². The topological polar surface area (TPSA) is 141 Å². The van der Waals surface area contributed by atoms with Gasteiger partial charge >= 0.3 is 17.3 Å². The molecule has 0 amide bonds. The molecule has 34 heavy (non-hydrogen) atoms. The molecule has 2 aromatic carbocycles. The number of aromatic nitrogens is 5. The molecule has 0 saturated heterocycles. The molecule has 2 heterocycles. The molecule has 4 aromatic rings. The Morgan fingerprint density at radius 1 is 1.09 bits per heavy atom. The number of hydrogen-bond donors (Lipinski definition) is 2. The molecule has 174 valence electrons. The van der Waals surface area contributed by atoms with Crippen LogP contribution in [0.5, 0.6) is 10.9 Å². The van der Waals surface area contributed by atoms with E-state index in [4.69, 9.17) is 21.4 Å². The molecule has 0 saturated carbocycles. The van der Waals surface area contributed by atoms with E-state index in [-0.39, 0.29) is 25.5 Å². The molecule has 2 aromatic heterocycles. The van der Waals surface area contributed by atoms with Gasteiger partial charge in [0.2, 0.25) is 5.95 Å². The summed E-state index contributed by atoms with van der Waals surface area (Å²) in [5.41, 5.74) is -0.253. The first-order chi connectivity index (χ1) is 16.4. The van der Waals surface area contributed by atoms with Crippen molar-refractivity contribution in [1.82, 2.24) is 23.5 Å². The van der Waals surface area contributed by atoms with Crippen molar-refractivity contribution < 1.29 is 14.6 Å². The van der Waals surface area contributed by atoms with Gasteiger partial charge in [-0.1, -0.05) is 23.7 Å². The number of ether oxygens (including phenoxy) is 1. The van der Waals surface area contributed by atoms with Gasteiger partial charge in [0.05, 0.1) is 13.0 Å². The number of rotatable bonds is 9. The van der Waals surface area contributed by atoms with Gasteiger partial charge < -0.3 is 15.2 Å². The van der Waals surface area contributed by atoms with Crippen molar-refractivity contribution in [3.05, 3.63) is 86.4 Å². The smallest absolute Gasteiger partial charge is 0.354 e. The maximum atomic E-state index is 13.1. The maximum absolute atomic E-state index is 13.1. The Morgan fingerprint density at radius 3 is 2.47 bits per heavy atom. The van der Waals surface area contributed by atoms with Crippen LogP contribution in [0, 0.1) is 0 Å². The van der Waals surface area contributed by atoms with E-state index < -0.39 is 17.3 Å². The first kappa shape index (κ1) is 23.1. The Morgan fingerprint density at radius 2 is 1.82 bits per heavy atom. The van der Waals surface area contributed by atoms with Gasteiger partial charge in [0.15, 0.2) is 0 Å². The molecule has 2 N–H and O–H groups in total. The average Bonchev–Trinajstić information content (AvgIpc) is 3.32. The van der Waals surface area contributed by atoms with Crippen molar-refractivity contribution in [3.63, 3.8) is 0 Å². The number of halogens is 1. The lowest BCUT2D eigenvalue weighted by molar-refractivity contribution is -0.137. The Balaban J connectivity index is 1.65. The Kier molecular flexibility index (Phi) is 6.99. The highest BCUT2D eigenvalue weighted by Crippen LogP contribution is 2.24. The zero-order valence-electron chi connectivity index (χ0n) is 17.4. The van der Waals surface area contributed by atoms with Gasteiger partial charge in [-0.05, 0) is 42.0 Å². The average molecular weight is 501 g/mol. The monoisotopic (exact) mass is 500 g/mol. The van der Waals surface area contributed by atoms with E-state index in [0.29, 0.717) is 21.7 Å².